The molecule has 4 aromatic rings. The van der Waals surface area contributed by atoms with Crippen molar-refractivity contribution in [2.45, 2.75) is 13.5 Å². The number of benzene rings is 2. The molecule has 1 aliphatic rings. The van der Waals surface area contributed by atoms with Crippen LogP contribution < -0.4 is 9.67 Å². The summed E-state index contributed by atoms with van der Waals surface area (Å²) >= 11 is 0. The number of amides is 2. The fourth-order valence-corrected chi connectivity index (χ4v) is 4.12. The van der Waals surface area contributed by atoms with Gasteiger partial charge >= 0.3 is 5.91 Å². The molecule has 0 unspecified atom stereocenters. The lowest BCUT2D eigenvalue weighted by molar-refractivity contribution is -0.577. The van der Waals surface area contributed by atoms with Crippen LogP contribution in [0.15, 0.2) is 85.2 Å². The maximum absolute atomic E-state index is 13.8. The third kappa shape index (κ3) is 3.57. The number of pyridine rings is 1. The number of aromatic nitrogens is 3. The molecule has 0 bridgehead atoms. The van der Waals surface area contributed by atoms with Gasteiger partial charge < -0.3 is 5.11 Å². The van der Waals surface area contributed by atoms with Crippen molar-refractivity contribution in [2.24, 2.45) is 7.05 Å². The van der Waals surface area contributed by atoms with Crippen LogP contribution in [0.5, 0.6) is 5.88 Å². The van der Waals surface area contributed by atoms with Crippen LogP contribution in [0.2, 0.25) is 0 Å². The zero-order valence-electron chi connectivity index (χ0n) is 18.8. The van der Waals surface area contributed by atoms with Gasteiger partial charge in [-0.25, -0.2) is 0 Å². The minimum absolute atomic E-state index is 0.0618. The molecule has 0 spiro atoms. The second-order valence-electron chi connectivity index (χ2n) is 8.21. The zero-order valence-corrected chi connectivity index (χ0v) is 18.8. The number of hydrogen-bond acceptors (Lipinski definition) is 4. The van der Waals surface area contributed by atoms with Crippen LogP contribution in [0.4, 0.5) is 0 Å². The Morgan fingerprint density at radius 1 is 0.882 bits per heavy atom. The molecular formula is C27H22N4O3. The number of carbonyl (C=O) groups is 2. The van der Waals surface area contributed by atoms with Gasteiger partial charge in [-0.1, -0.05) is 60.7 Å². The van der Waals surface area contributed by atoms with E-state index >= 15 is 0 Å². The van der Waals surface area contributed by atoms with E-state index in [0.717, 1.165) is 11.1 Å². The van der Waals surface area contributed by atoms with Crippen LogP contribution in [0.25, 0.3) is 22.5 Å². The Bertz CT molecular complexity index is 1420. The normalized spacial score (nSPS) is 13.8. The first-order valence-corrected chi connectivity index (χ1v) is 10.9. The summed E-state index contributed by atoms with van der Waals surface area (Å²) in [5.41, 5.74) is 3.22. The average Bonchev–Trinajstić information content (AvgIpc) is 3.28. The second-order valence-corrected chi connectivity index (χ2v) is 8.21. The minimum Gasteiger partial charge on any atom is -0.858 e. The maximum atomic E-state index is 13.8. The van der Waals surface area contributed by atoms with E-state index in [2.05, 4.69) is 5.10 Å². The Labute approximate surface area is 196 Å². The lowest BCUT2D eigenvalue weighted by Crippen LogP contribution is -2.39. The van der Waals surface area contributed by atoms with E-state index in [-0.39, 0.29) is 23.4 Å². The highest BCUT2D eigenvalue weighted by atomic mass is 16.3. The molecule has 1 aliphatic heterocycles. The van der Waals surface area contributed by atoms with Gasteiger partial charge in [0.25, 0.3) is 11.6 Å². The monoisotopic (exact) mass is 450 g/mol. The lowest BCUT2D eigenvalue weighted by atomic mass is 10.00. The van der Waals surface area contributed by atoms with Crippen LogP contribution >= 0.6 is 0 Å². The molecule has 2 aromatic carbocycles. The van der Waals surface area contributed by atoms with Crippen LogP contribution in [-0.4, -0.2) is 26.5 Å². The van der Waals surface area contributed by atoms with Gasteiger partial charge in [-0.3, -0.25) is 19.2 Å². The summed E-state index contributed by atoms with van der Waals surface area (Å²) in [5, 5.41) is 17.7. The molecule has 0 N–H and O–H groups in total. The number of nitrogens with zero attached hydrogens (tertiary/aromatic N) is 4. The van der Waals surface area contributed by atoms with Gasteiger partial charge in [0.1, 0.15) is 5.57 Å². The largest absolute Gasteiger partial charge is 0.858 e. The van der Waals surface area contributed by atoms with Crippen molar-refractivity contribution in [3.8, 4) is 17.1 Å². The van der Waals surface area contributed by atoms with Crippen molar-refractivity contribution in [1.29, 1.82) is 0 Å². The Morgan fingerprint density at radius 2 is 1.50 bits per heavy atom. The molecule has 3 heterocycles. The number of aryl methyl sites for hydroxylation is 2. The molecule has 168 valence electrons. The predicted molar refractivity (Wildman–Crippen MR) is 125 cm³/mol. The molecule has 0 saturated carbocycles. The smallest absolute Gasteiger partial charge is 0.327 e. The van der Waals surface area contributed by atoms with Crippen molar-refractivity contribution in [3.05, 3.63) is 102 Å². The molecule has 0 saturated heterocycles. The summed E-state index contributed by atoms with van der Waals surface area (Å²) in [6, 6.07) is 22.2. The summed E-state index contributed by atoms with van der Waals surface area (Å²) in [5.74, 6) is -1.40. The molecule has 7 nitrogen and oxygen atoms in total. The van der Waals surface area contributed by atoms with E-state index in [1.165, 1.54) is 9.58 Å². The third-order valence-corrected chi connectivity index (χ3v) is 5.87. The molecule has 0 atom stereocenters. The van der Waals surface area contributed by atoms with Gasteiger partial charge in [0.2, 0.25) is 0 Å². The first kappa shape index (κ1) is 21.3. The van der Waals surface area contributed by atoms with E-state index < -0.39 is 17.7 Å². The van der Waals surface area contributed by atoms with E-state index in [1.807, 2.05) is 79.7 Å². The Hall–Kier alpha value is -4.52. The van der Waals surface area contributed by atoms with Crippen molar-refractivity contribution >= 4 is 23.1 Å². The number of hydrogen-bond donors (Lipinski definition) is 0. The molecule has 0 fully saturated rings. The molecule has 5 rings (SSSR count). The summed E-state index contributed by atoms with van der Waals surface area (Å²) in [6.07, 6.45) is 3.45. The molecular weight excluding hydrogens is 428 g/mol. The van der Waals surface area contributed by atoms with Crippen molar-refractivity contribution in [1.82, 2.24) is 14.7 Å². The van der Waals surface area contributed by atoms with Crippen molar-refractivity contribution < 1.29 is 19.3 Å². The molecule has 7 heteroatoms. The predicted octanol–water partition coefficient (Wildman–Crippen LogP) is 2.69. The van der Waals surface area contributed by atoms with Gasteiger partial charge in [0, 0.05) is 30.3 Å². The van der Waals surface area contributed by atoms with Crippen molar-refractivity contribution in [2.75, 3.05) is 0 Å². The van der Waals surface area contributed by atoms with Gasteiger partial charge in [-0.2, -0.15) is 9.67 Å². The second kappa shape index (κ2) is 8.44. The van der Waals surface area contributed by atoms with E-state index in [9.17, 15) is 14.7 Å². The molecule has 0 aliphatic carbocycles. The maximum Gasteiger partial charge on any atom is 0.327 e. The van der Waals surface area contributed by atoms with Gasteiger partial charge in [0.05, 0.1) is 12.2 Å². The number of carbonyl (C=O) groups excluding carboxylic acids is 2. The van der Waals surface area contributed by atoms with Crippen LogP contribution in [0.3, 0.4) is 0 Å². The Kier molecular flexibility index (Phi) is 5.30. The third-order valence-electron chi connectivity index (χ3n) is 5.87. The van der Waals surface area contributed by atoms with Gasteiger partial charge in [-0.05, 0) is 23.9 Å². The zero-order chi connectivity index (χ0) is 23.8. The standard InChI is InChI=1S/C27H22N4O3/c1-18-13-15-30(16-14-18)24-22(26(33)31(27(24)34)17-19-9-5-3-6-10-19)21-23(28-29(2)25(21)32)20-11-7-4-8-12-20/h3-16H,17H2,1-2H3. The highest BCUT2D eigenvalue weighted by molar-refractivity contribution is 6.45. The molecule has 2 aromatic heterocycles. The summed E-state index contributed by atoms with van der Waals surface area (Å²) in [7, 11) is 1.54. The molecule has 2 amide bonds. The quantitative estimate of drug-likeness (QED) is 0.346. The Morgan fingerprint density at radius 3 is 2.15 bits per heavy atom. The van der Waals surface area contributed by atoms with Crippen LogP contribution in [0, 0.1) is 6.92 Å². The van der Waals surface area contributed by atoms with Crippen LogP contribution in [0.1, 0.15) is 16.7 Å². The average molecular weight is 450 g/mol. The van der Waals surface area contributed by atoms with E-state index in [1.54, 1.807) is 24.0 Å². The van der Waals surface area contributed by atoms with Gasteiger partial charge in [-0.15, -0.1) is 0 Å². The van der Waals surface area contributed by atoms with E-state index in [0.29, 0.717) is 11.3 Å². The highest BCUT2D eigenvalue weighted by Gasteiger charge is 2.46. The number of rotatable bonds is 5. The van der Waals surface area contributed by atoms with Gasteiger partial charge in [0.15, 0.2) is 12.4 Å². The summed E-state index contributed by atoms with van der Waals surface area (Å²) in [6.45, 7) is 2.04. The fraction of sp³-hybridized carbons (Fsp3) is 0.111. The van der Waals surface area contributed by atoms with Crippen molar-refractivity contribution in [3.63, 3.8) is 0 Å². The van der Waals surface area contributed by atoms with E-state index in [4.69, 9.17) is 0 Å². The number of imide groups is 1. The fourth-order valence-electron chi connectivity index (χ4n) is 4.12. The lowest BCUT2D eigenvalue weighted by Gasteiger charge is -2.15. The summed E-state index contributed by atoms with van der Waals surface area (Å²) in [4.78, 5) is 28.6. The first-order chi connectivity index (χ1) is 16.5. The molecule has 0 radical (unpaired) electrons. The highest BCUT2D eigenvalue weighted by Crippen LogP contribution is 2.39. The molecule has 34 heavy (non-hydrogen) atoms. The topological polar surface area (TPSA) is 82.1 Å². The van der Waals surface area contributed by atoms with Crippen LogP contribution in [-0.2, 0) is 23.2 Å². The summed E-state index contributed by atoms with van der Waals surface area (Å²) < 4.78 is 2.81. The first-order valence-electron chi connectivity index (χ1n) is 10.9. The minimum atomic E-state index is -0.515. The SMILES string of the molecule is Cc1cc[n+](C2=C(c3c(-c4ccccc4)nn(C)c3[O-])C(=O)N(Cc3ccccc3)C2=O)cc1. The Balaban J connectivity index is 1.73.